The van der Waals surface area contributed by atoms with Crippen LogP contribution < -0.4 is 5.32 Å². The Morgan fingerprint density at radius 3 is 2.84 bits per heavy atom. The molecule has 3 heteroatoms. The van der Waals surface area contributed by atoms with Gasteiger partial charge in [0.25, 0.3) is 0 Å². The van der Waals surface area contributed by atoms with Crippen LogP contribution in [0.3, 0.4) is 0 Å². The fourth-order valence-electron chi connectivity index (χ4n) is 3.63. The largest absolute Gasteiger partial charge is 0.334 e. The lowest BCUT2D eigenvalue weighted by molar-refractivity contribution is 0.190. The maximum Gasteiger partial charge on any atom is 0.126 e. The number of imidazole rings is 1. The predicted molar refractivity (Wildman–Crippen MR) is 80.1 cm³/mol. The van der Waals surface area contributed by atoms with Gasteiger partial charge in [-0.25, -0.2) is 4.98 Å². The molecule has 0 spiro atoms. The minimum Gasteiger partial charge on any atom is -0.334 e. The van der Waals surface area contributed by atoms with Gasteiger partial charge >= 0.3 is 0 Å². The smallest absolute Gasteiger partial charge is 0.126 e. The van der Waals surface area contributed by atoms with Gasteiger partial charge in [0.05, 0.1) is 6.04 Å². The average molecular weight is 263 g/mol. The van der Waals surface area contributed by atoms with E-state index in [2.05, 4.69) is 48.8 Å². The maximum absolute atomic E-state index is 4.66. The molecule has 1 aliphatic carbocycles. The first kappa shape index (κ1) is 14.6. The molecular weight excluding hydrogens is 234 g/mol. The van der Waals surface area contributed by atoms with Crippen molar-refractivity contribution < 1.29 is 0 Å². The topological polar surface area (TPSA) is 29.9 Å². The van der Waals surface area contributed by atoms with Crippen LogP contribution in [0, 0.1) is 11.3 Å². The summed E-state index contributed by atoms with van der Waals surface area (Å²) in [6, 6.07) is 0.407. The van der Waals surface area contributed by atoms with Gasteiger partial charge in [0.2, 0.25) is 0 Å². The van der Waals surface area contributed by atoms with E-state index < -0.39 is 0 Å². The van der Waals surface area contributed by atoms with Crippen LogP contribution in [0.1, 0.15) is 65.2 Å². The van der Waals surface area contributed by atoms with Crippen LogP contribution in [0.5, 0.6) is 0 Å². The molecule has 0 radical (unpaired) electrons. The minimum atomic E-state index is 0.407. The Morgan fingerprint density at radius 1 is 1.47 bits per heavy atom. The van der Waals surface area contributed by atoms with Crippen LogP contribution in [0.25, 0.3) is 0 Å². The van der Waals surface area contributed by atoms with Gasteiger partial charge in [-0.2, -0.15) is 0 Å². The van der Waals surface area contributed by atoms with E-state index in [1.165, 1.54) is 25.1 Å². The highest BCUT2D eigenvalue weighted by molar-refractivity contribution is 5.06. The van der Waals surface area contributed by atoms with Crippen LogP contribution >= 0.6 is 0 Å². The summed E-state index contributed by atoms with van der Waals surface area (Å²) in [6.45, 7) is 11.3. The molecule has 0 saturated heterocycles. The van der Waals surface area contributed by atoms with Gasteiger partial charge in [0, 0.05) is 18.9 Å². The first-order valence-electron chi connectivity index (χ1n) is 7.84. The molecule has 1 aromatic heterocycles. The number of aromatic nitrogens is 2. The van der Waals surface area contributed by atoms with Crippen LogP contribution in [-0.2, 0) is 6.54 Å². The van der Waals surface area contributed by atoms with E-state index in [0.29, 0.717) is 17.4 Å². The van der Waals surface area contributed by atoms with E-state index in [0.717, 1.165) is 19.5 Å². The summed E-state index contributed by atoms with van der Waals surface area (Å²) in [6.07, 6.45) is 9.27. The molecule has 3 nitrogen and oxygen atoms in total. The quantitative estimate of drug-likeness (QED) is 0.846. The Morgan fingerprint density at radius 2 is 2.26 bits per heavy atom. The number of nitrogens with zero attached hydrogens (tertiary/aromatic N) is 2. The molecule has 1 aliphatic rings. The molecule has 1 saturated carbocycles. The molecule has 1 heterocycles. The second-order valence-corrected chi connectivity index (χ2v) is 6.50. The first-order valence-corrected chi connectivity index (χ1v) is 7.84. The molecule has 1 aromatic rings. The number of hydrogen-bond acceptors (Lipinski definition) is 2. The lowest BCUT2D eigenvalue weighted by Crippen LogP contribution is -2.35. The Hall–Kier alpha value is -0.830. The Labute approximate surface area is 117 Å². The molecule has 2 unspecified atom stereocenters. The molecule has 2 atom stereocenters. The van der Waals surface area contributed by atoms with Gasteiger partial charge in [-0.05, 0) is 37.1 Å². The van der Waals surface area contributed by atoms with Gasteiger partial charge in [0.1, 0.15) is 5.82 Å². The molecular formula is C16H29N3. The number of nitrogens with one attached hydrogen (secondary N) is 1. The summed E-state index contributed by atoms with van der Waals surface area (Å²) in [5.41, 5.74) is 0.426. The van der Waals surface area contributed by atoms with Crippen LogP contribution in [0.15, 0.2) is 12.4 Å². The molecule has 0 amide bonds. The second-order valence-electron chi connectivity index (χ2n) is 6.50. The third kappa shape index (κ3) is 3.02. The van der Waals surface area contributed by atoms with Crippen LogP contribution in [-0.4, -0.2) is 16.1 Å². The van der Waals surface area contributed by atoms with Gasteiger partial charge in [-0.1, -0.05) is 34.1 Å². The van der Waals surface area contributed by atoms with E-state index >= 15 is 0 Å². The maximum atomic E-state index is 4.66. The lowest BCUT2D eigenvalue weighted by Gasteiger charge is -2.34. The van der Waals surface area contributed by atoms with Gasteiger partial charge < -0.3 is 9.88 Å². The predicted octanol–water partition coefficient (Wildman–Crippen LogP) is 3.77. The Kier molecular flexibility index (Phi) is 4.67. The van der Waals surface area contributed by atoms with E-state index in [-0.39, 0.29) is 0 Å². The second kappa shape index (κ2) is 6.08. The van der Waals surface area contributed by atoms with Crippen molar-refractivity contribution in [1.82, 2.24) is 14.9 Å². The highest BCUT2D eigenvalue weighted by Crippen LogP contribution is 2.48. The first-order chi connectivity index (χ1) is 9.10. The Balaban J connectivity index is 2.26. The molecule has 19 heavy (non-hydrogen) atoms. The van der Waals surface area contributed by atoms with Crippen LogP contribution in [0.2, 0.25) is 0 Å². The van der Waals surface area contributed by atoms with Gasteiger partial charge in [-0.3, -0.25) is 0 Å². The number of rotatable bonds is 6. The molecule has 2 rings (SSSR count). The van der Waals surface area contributed by atoms with Gasteiger partial charge in [-0.15, -0.1) is 0 Å². The Bertz CT molecular complexity index is 394. The summed E-state index contributed by atoms with van der Waals surface area (Å²) in [4.78, 5) is 4.66. The van der Waals surface area contributed by atoms with E-state index in [1.807, 2.05) is 6.20 Å². The van der Waals surface area contributed by atoms with Crippen molar-refractivity contribution >= 4 is 0 Å². The SMILES string of the molecule is CCCn1ccnc1C(NCC)C1CCCC1(C)C. The van der Waals surface area contributed by atoms with Crippen molar-refractivity contribution in [2.75, 3.05) is 6.54 Å². The minimum absolute atomic E-state index is 0.407. The third-order valence-electron chi connectivity index (χ3n) is 4.66. The molecule has 108 valence electrons. The lowest BCUT2D eigenvalue weighted by atomic mass is 9.77. The molecule has 0 aliphatic heterocycles. The zero-order chi connectivity index (χ0) is 13.9. The van der Waals surface area contributed by atoms with E-state index in [9.17, 15) is 0 Å². The number of aryl methyl sites for hydroxylation is 1. The van der Waals surface area contributed by atoms with E-state index in [4.69, 9.17) is 0 Å². The zero-order valence-corrected chi connectivity index (χ0v) is 12.9. The normalized spacial score (nSPS) is 23.7. The number of hydrogen-bond donors (Lipinski definition) is 1. The van der Waals surface area contributed by atoms with Gasteiger partial charge in [0.15, 0.2) is 0 Å². The van der Waals surface area contributed by atoms with Crippen LogP contribution in [0.4, 0.5) is 0 Å². The molecule has 0 aromatic carbocycles. The zero-order valence-electron chi connectivity index (χ0n) is 12.9. The highest BCUT2D eigenvalue weighted by atomic mass is 15.1. The average Bonchev–Trinajstić information content (AvgIpc) is 2.94. The monoisotopic (exact) mass is 263 g/mol. The molecule has 1 N–H and O–H groups in total. The summed E-state index contributed by atoms with van der Waals surface area (Å²) in [5.74, 6) is 1.94. The summed E-state index contributed by atoms with van der Waals surface area (Å²) in [7, 11) is 0. The van der Waals surface area contributed by atoms with Crippen molar-refractivity contribution in [3.63, 3.8) is 0 Å². The molecule has 0 bridgehead atoms. The fourth-order valence-corrected chi connectivity index (χ4v) is 3.63. The van der Waals surface area contributed by atoms with Crippen molar-refractivity contribution in [2.24, 2.45) is 11.3 Å². The standard InChI is InChI=1S/C16H29N3/c1-5-11-19-12-10-18-15(19)14(17-6-2)13-8-7-9-16(13,3)4/h10,12-14,17H,5-9,11H2,1-4H3. The fraction of sp³-hybridized carbons (Fsp3) is 0.812. The molecule has 1 fully saturated rings. The summed E-state index contributed by atoms with van der Waals surface area (Å²) in [5, 5.41) is 3.70. The van der Waals surface area contributed by atoms with Crippen molar-refractivity contribution in [2.45, 2.75) is 66.0 Å². The summed E-state index contributed by atoms with van der Waals surface area (Å²) >= 11 is 0. The third-order valence-corrected chi connectivity index (χ3v) is 4.66. The summed E-state index contributed by atoms with van der Waals surface area (Å²) < 4.78 is 2.34. The van der Waals surface area contributed by atoms with Crippen molar-refractivity contribution in [1.29, 1.82) is 0 Å². The van der Waals surface area contributed by atoms with E-state index in [1.54, 1.807) is 0 Å². The van der Waals surface area contributed by atoms with Crippen molar-refractivity contribution in [3.05, 3.63) is 18.2 Å². The highest BCUT2D eigenvalue weighted by Gasteiger charge is 2.41. The van der Waals surface area contributed by atoms with Crippen molar-refractivity contribution in [3.8, 4) is 0 Å².